The molecule has 0 aromatic rings. The molecule has 1 aliphatic carbocycles. The van der Waals surface area contributed by atoms with Gasteiger partial charge in [-0.05, 0) is 32.6 Å². The first-order valence-corrected chi connectivity index (χ1v) is 5.45. The monoisotopic (exact) mass is 213 g/mol. The molecule has 1 aliphatic rings. The average Bonchev–Trinajstić information content (AvgIpc) is 2.98. The fraction of sp³-hybridized carbons (Fsp3) is 0.800. The van der Waals surface area contributed by atoms with Gasteiger partial charge in [0, 0.05) is 13.1 Å². The summed E-state index contributed by atoms with van der Waals surface area (Å²) in [6.07, 6.45) is 2.40. The number of hydrogen-bond donors (Lipinski definition) is 3. The molecule has 1 atom stereocenters. The van der Waals surface area contributed by atoms with Crippen molar-refractivity contribution in [2.75, 3.05) is 13.1 Å². The zero-order valence-electron chi connectivity index (χ0n) is 9.30. The van der Waals surface area contributed by atoms with E-state index in [1.807, 2.05) is 6.92 Å². The highest BCUT2D eigenvalue weighted by molar-refractivity contribution is 5.86. The van der Waals surface area contributed by atoms with Gasteiger partial charge < -0.3 is 16.0 Å². The van der Waals surface area contributed by atoms with E-state index in [1.165, 1.54) is 12.8 Å². The molecule has 0 saturated heterocycles. The molecule has 0 aromatic heterocycles. The molecule has 15 heavy (non-hydrogen) atoms. The Morgan fingerprint density at radius 3 is 2.53 bits per heavy atom. The van der Waals surface area contributed by atoms with Crippen molar-refractivity contribution in [3.8, 4) is 0 Å². The Kier molecular flexibility index (Phi) is 4.39. The molecule has 3 N–H and O–H groups in total. The van der Waals surface area contributed by atoms with Crippen LogP contribution < -0.4 is 16.0 Å². The molecule has 5 heteroatoms. The number of carbonyl (C=O) groups excluding carboxylic acids is 2. The highest BCUT2D eigenvalue weighted by atomic mass is 16.2. The standard InChI is InChI=1S/C10H19N3O2/c1-3-11-9(14)7(2)13-10(15)12-6-8-4-5-8/h7-8H,3-6H2,1-2H3,(H,11,14)(H2,12,13,15)/t7-/m1/s1. The third kappa shape index (κ3) is 4.67. The zero-order chi connectivity index (χ0) is 11.3. The van der Waals surface area contributed by atoms with Crippen LogP contribution in [0, 0.1) is 5.92 Å². The van der Waals surface area contributed by atoms with Crippen LogP contribution in [0.25, 0.3) is 0 Å². The van der Waals surface area contributed by atoms with Crippen molar-refractivity contribution in [1.29, 1.82) is 0 Å². The number of rotatable bonds is 5. The summed E-state index contributed by atoms with van der Waals surface area (Å²) in [7, 11) is 0. The minimum Gasteiger partial charge on any atom is -0.355 e. The van der Waals surface area contributed by atoms with Gasteiger partial charge in [-0.2, -0.15) is 0 Å². The van der Waals surface area contributed by atoms with E-state index < -0.39 is 6.04 Å². The molecule has 0 spiro atoms. The Hall–Kier alpha value is -1.26. The summed E-state index contributed by atoms with van der Waals surface area (Å²) in [5.41, 5.74) is 0. The van der Waals surface area contributed by atoms with E-state index in [0.29, 0.717) is 19.0 Å². The topological polar surface area (TPSA) is 70.2 Å². The Morgan fingerprint density at radius 2 is 2.00 bits per heavy atom. The van der Waals surface area contributed by atoms with Crippen molar-refractivity contribution in [2.24, 2.45) is 5.92 Å². The van der Waals surface area contributed by atoms with Crippen LogP contribution in [0.4, 0.5) is 4.79 Å². The predicted molar refractivity (Wildman–Crippen MR) is 57.4 cm³/mol. The molecule has 1 fully saturated rings. The molecule has 3 amide bonds. The van der Waals surface area contributed by atoms with Crippen molar-refractivity contribution >= 4 is 11.9 Å². The van der Waals surface area contributed by atoms with Crippen LogP contribution in [0.2, 0.25) is 0 Å². The molecule has 0 aromatic carbocycles. The second-order valence-electron chi connectivity index (χ2n) is 3.91. The van der Waals surface area contributed by atoms with E-state index >= 15 is 0 Å². The summed E-state index contributed by atoms with van der Waals surface area (Å²) in [5, 5.41) is 7.97. The number of carbonyl (C=O) groups is 2. The molecule has 0 bridgehead atoms. The number of likely N-dealkylation sites (N-methyl/N-ethyl adjacent to an activating group) is 1. The van der Waals surface area contributed by atoms with Crippen molar-refractivity contribution in [3.63, 3.8) is 0 Å². The van der Waals surface area contributed by atoms with Gasteiger partial charge in [0.15, 0.2) is 0 Å². The van der Waals surface area contributed by atoms with Gasteiger partial charge in [-0.25, -0.2) is 4.79 Å². The van der Waals surface area contributed by atoms with E-state index in [4.69, 9.17) is 0 Å². The van der Waals surface area contributed by atoms with Crippen LogP contribution in [0.15, 0.2) is 0 Å². The van der Waals surface area contributed by atoms with Crippen molar-refractivity contribution < 1.29 is 9.59 Å². The van der Waals surface area contributed by atoms with Crippen LogP contribution in [0.3, 0.4) is 0 Å². The third-order valence-corrected chi connectivity index (χ3v) is 2.34. The quantitative estimate of drug-likeness (QED) is 0.611. The maximum absolute atomic E-state index is 11.3. The smallest absolute Gasteiger partial charge is 0.315 e. The number of urea groups is 1. The van der Waals surface area contributed by atoms with Crippen LogP contribution in [0.5, 0.6) is 0 Å². The van der Waals surface area contributed by atoms with Gasteiger partial charge in [0.1, 0.15) is 6.04 Å². The summed E-state index contributed by atoms with van der Waals surface area (Å²) in [5.74, 6) is 0.495. The fourth-order valence-corrected chi connectivity index (χ4v) is 1.20. The Bertz CT molecular complexity index is 239. The van der Waals surface area contributed by atoms with E-state index in [2.05, 4.69) is 16.0 Å². The number of hydrogen-bond acceptors (Lipinski definition) is 2. The van der Waals surface area contributed by atoms with E-state index in [0.717, 1.165) is 0 Å². The van der Waals surface area contributed by atoms with Crippen LogP contribution in [0.1, 0.15) is 26.7 Å². The maximum atomic E-state index is 11.3. The lowest BCUT2D eigenvalue weighted by molar-refractivity contribution is -0.122. The van der Waals surface area contributed by atoms with E-state index in [1.54, 1.807) is 6.92 Å². The number of amides is 3. The normalized spacial score (nSPS) is 16.7. The highest BCUT2D eigenvalue weighted by Crippen LogP contribution is 2.27. The SMILES string of the molecule is CCNC(=O)[C@@H](C)NC(=O)NCC1CC1. The third-order valence-electron chi connectivity index (χ3n) is 2.34. The number of nitrogens with one attached hydrogen (secondary N) is 3. The van der Waals surface area contributed by atoms with Gasteiger partial charge >= 0.3 is 6.03 Å². The van der Waals surface area contributed by atoms with Gasteiger partial charge in [-0.3, -0.25) is 4.79 Å². The minimum atomic E-state index is -0.482. The summed E-state index contributed by atoms with van der Waals surface area (Å²) in [6, 6.07) is -0.746. The zero-order valence-corrected chi connectivity index (χ0v) is 9.30. The van der Waals surface area contributed by atoms with E-state index in [-0.39, 0.29) is 11.9 Å². The molecule has 5 nitrogen and oxygen atoms in total. The average molecular weight is 213 g/mol. The summed E-state index contributed by atoms with van der Waals surface area (Å²) >= 11 is 0. The van der Waals surface area contributed by atoms with Gasteiger partial charge in [-0.15, -0.1) is 0 Å². The molecule has 0 aliphatic heterocycles. The molecule has 0 heterocycles. The molecular formula is C10H19N3O2. The minimum absolute atomic E-state index is 0.154. The summed E-state index contributed by atoms with van der Waals surface area (Å²) in [4.78, 5) is 22.6. The highest BCUT2D eigenvalue weighted by Gasteiger charge is 2.22. The van der Waals surface area contributed by atoms with Crippen LogP contribution >= 0.6 is 0 Å². The lowest BCUT2D eigenvalue weighted by atomic mass is 10.3. The second kappa shape index (κ2) is 5.58. The van der Waals surface area contributed by atoms with Crippen LogP contribution in [-0.2, 0) is 4.79 Å². The molecule has 86 valence electrons. The molecular weight excluding hydrogens is 194 g/mol. The van der Waals surface area contributed by atoms with Gasteiger partial charge in [-0.1, -0.05) is 0 Å². The predicted octanol–water partition coefficient (Wildman–Crippen LogP) is 0.220. The first kappa shape index (κ1) is 11.8. The molecule has 1 saturated carbocycles. The van der Waals surface area contributed by atoms with Crippen LogP contribution in [-0.4, -0.2) is 31.1 Å². The lowest BCUT2D eigenvalue weighted by Gasteiger charge is -2.13. The summed E-state index contributed by atoms with van der Waals surface area (Å²) in [6.45, 7) is 4.81. The van der Waals surface area contributed by atoms with Gasteiger partial charge in [0.2, 0.25) is 5.91 Å². The fourth-order valence-electron chi connectivity index (χ4n) is 1.20. The Labute approximate surface area is 90.0 Å². The summed E-state index contributed by atoms with van der Waals surface area (Å²) < 4.78 is 0. The maximum Gasteiger partial charge on any atom is 0.315 e. The first-order chi connectivity index (χ1) is 7.13. The molecule has 0 unspecified atom stereocenters. The first-order valence-electron chi connectivity index (χ1n) is 5.45. The van der Waals surface area contributed by atoms with Gasteiger partial charge in [0.05, 0.1) is 0 Å². The van der Waals surface area contributed by atoms with Crippen molar-refractivity contribution in [3.05, 3.63) is 0 Å². The lowest BCUT2D eigenvalue weighted by Crippen LogP contribution is -2.48. The molecule has 1 rings (SSSR count). The second-order valence-corrected chi connectivity index (χ2v) is 3.91. The van der Waals surface area contributed by atoms with E-state index in [9.17, 15) is 9.59 Å². The Balaban J connectivity index is 2.14. The van der Waals surface area contributed by atoms with Gasteiger partial charge in [0.25, 0.3) is 0 Å². The van der Waals surface area contributed by atoms with Crippen molar-refractivity contribution in [2.45, 2.75) is 32.7 Å². The Morgan fingerprint density at radius 1 is 1.33 bits per heavy atom. The van der Waals surface area contributed by atoms with Crippen molar-refractivity contribution in [1.82, 2.24) is 16.0 Å². The largest absolute Gasteiger partial charge is 0.355 e. The molecule has 0 radical (unpaired) electrons.